The molecule has 0 heterocycles. The van der Waals surface area contributed by atoms with Crippen molar-refractivity contribution in [3.05, 3.63) is 611 Å². The van der Waals surface area contributed by atoms with Gasteiger partial charge in [-0.2, -0.15) is 0 Å². The Morgan fingerprint density at radius 2 is 0.392 bits per heavy atom. The number of nitrogens with zero attached hydrogens (tertiary/aromatic N) is 2. The molecule has 0 atom stereocenters. The Balaban J connectivity index is 0.684. The molecule has 0 unspecified atom stereocenters. The third-order valence-electron chi connectivity index (χ3n) is 28.8. The molecule has 0 aromatic heterocycles. The molecule has 0 bridgehead atoms. The fourth-order valence-corrected chi connectivity index (χ4v) is 23.5. The predicted molar refractivity (Wildman–Crippen MR) is 539 cm³/mol. The number of fused-ring (bicyclic) bond motifs is 13. The Kier molecular flexibility index (Phi) is 17.9. The van der Waals surface area contributed by atoms with Crippen molar-refractivity contribution in [2.24, 2.45) is 0 Å². The number of rotatable bonds is 17. The van der Waals surface area contributed by atoms with Crippen molar-refractivity contribution in [1.29, 1.82) is 0 Å². The fraction of sp³-hybridized carbons (Fsp3) is 0.0312. The molecule has 130 heavy (non-hydrogen) atoms. The summed E-state index contributed by atoms with van der Waals surface area (Å²) in [4.78, 5) is 5.16. The Labute approximate surface area is 759 Å². The summed E-state index contributed by atoms with van der Waals surface area (Å²) in [5.41, 5.74) is 39.9. The molecule has 0 radical (unpaired) electrons. The molecule has 21 aromatic rings. The van der Waals surface area contributed by atoms with Crippen LogP contribution in [-0.2, 0) is 21.7 Å². The highest BCUT2D eigenvalue weighted by Gasteiger charge is 2.52. The molecule has 4 aliphatic carbocycles. The molecule has 0 saturated heterocycles. The lowest BCUT2D eigenvalue weighted by atomic mass is 9.67. The Hall–Kier alpha value is -16.5. The standard InChI is InChI=1S/C128H86N2/c1-10-38-89(39-11-1)105-62-37-63-106(124(105)130(102-75-78-111-108-60-31-34-65-116(108)126(120(111)85-102,94-46-16-4-17-47-94)95-48-18-5-19-49-95)103-76-79-112-109-61-32-35-66-117(109)127(121(112)86-103,96-50-20-6-21-51-96)97-52-22-7-23-53-97)90-70-68-87(69-71-90)91-72-81-118-114(82-91)113-80-74-101(84-122(113)128(118,98-54-24-8-25-55-98)99-56-26-9-27-57-99)129(123-67-36-41-88-40-28-29-58-104(88)123)100-73-77-110-107-59-30-33-64-115(107)125(119(110)83-100,92-42-12-2-13-43-92)93-44-14-3-15-45-93/h1-86H. The molecule has 0 spiro atoms. The Morgan fingerprint density at radius 3 is 0.762 bits per heavy atom. The smallest absolute Gasteiger partial charge is 0.0714 e. The van der Waals surface area contributed by atoms with E-state index in [-0.39, 0.29) is 0 Å². The van der Waals surface area contributed by atoms with E-state index >= 15 is 0 Å². The Morgan fingerprint density at radius 1 is 0.138 bits per heavy atom. The zero-order valence-electron chi connectivity index (χ0n) is 71.5. The Bertz CT molecular complexity index is 7590. The van der Waals surface area contributed by atoms with Gasteiger partial charge in [-0.25, -0.2) is 0 Å². The number of hydrogen-bond donors (Lipinski definition) is 0. The topological polar surface area (TPSA) is 6.48 Å². The summed E-state index contributed by atoms with van der Waals surface area (Å²) in [5.74, 6) is 0. The molecule has 2 heteroatoms. The van der Waals surface area contributed by atoms with Crippen molar-refractivity contribution in [2.75, 3.05) is 9.80 Å². The van der Waals surface area contributed by atoms with E-state index in [4.69, 9.17) is 0 Å². The van der Waals surface area contributed by atoms with Gasteiger partial charge in [0.1, 0.15) is 0 Å². The molecule has 0 aliphatic heterocycles. The van der Waals surface area contributed by atoms with Gasteiger partial charge in [-0.3, -0.25) is 0 Å². The number of benzene rings is 21. The maximum Gasteiger partial charge on any atom is 0.0714 e. The van der Waals surface area contributed by atoms with Gasteiger partial charge in [0.15, 0.2) is 0 Å². The fourth-order valence-electron chi connectivity index (χ4n) is 23.5. The summed E-state index contributed by atoms with van der Waals surface area (Å²) in [6, 6.07) is 197. The molecule has 21 aromatic carbocycles. The zero-order chi connectivity index (χ0) is 85.9. The maximum atomic E-state index is 2.61. The molecule has 25 rings (SSSR count). The summed E-state index contributed by atoms with van der Waals surface area (Å²) in [6.45, 7) is 0. The van der Waals surface area contributed by atoms with Crippen LogP contribution in [-0.4, -0.2) is 0 Å². The predicted octanol–water partition coefficient (Wildman–Crippen LogP) is 32.2. The molecule has 4 aliphatic rings. The molecule has 608 valence electrons. The van der Waals surface area contributed by atoms with Gasteiger partial charge < -0.3 is 9.80 Å². The lowest BCUT2D eigenvalue weighted by molar-refractivity contribution is 0.767. The van der Waals surface area contributed by atoms with Crippen molar-refractivity contribution in [3.8, 4) is 77.9 Å². The summed E-state index contributed by atoms with van der Waals surface area (Å²) in [5, 5.41) is 2.34. The van der Waals surface area contributed by atoms with Crippen molar-refractivity contribution in [3.63, 3.8) is 0 Å². The van der Waals surface area contributed by atoms with Crippen molar-refractivity contribution in [1.82, 2.24) is 0 Å². The number of para-hydroxylation sites is 1. The first-order chi connectivity index (χ1) is 64.5. The minimum atomic E-state index is -0.738. The first-order valence-corrected chi connectivity index (χ1v) is 45.3. The van der Waals surface area contributed by atoms with E-state index in [0.29, 0.717) is 0 Å². The van der Waals surface area contributed by atoms with E-state index in [1.165, 1.54) is 144 Å². The van der Waals surface area contributed by atoms with Crippen LogP contribution in [0.25, 0.3) is 88.7 Å². The first kappa shape index (κ1) is 76.0. The van der Waals surface area contributed by atoms with Gasteiger partial charge in [-0.1, -0.05) is 461 Å². The van der Waals surface area contributed by atoms with Crippen LogP contribution >= 0.6 is 0 Å². The molecule has 0 amide bonds. The van der Waals surface area contributed by atoms with Crippen LogP contribution < -0.4 is 9.80 Å². The highest BCUT2D eigenvalue weighted by Crippen LogP contribution is 2.64. The van der Waals surface area contributed by atoms with Crippen molar-refractivity contribution < 1.29 is 0 Å². The van der Waals surface area contributed by atoms with Gasteiger partial charge in [0.05, 0.1) is 33.0 Å². The van der Waals surface area contributed by atoms with Crippen molar-refractivity contribution in [2.45, 2.75) is 21.7 Å². The average molecular weight is 1650 g/mol. The van der Waals surface area contributed by atoms with Gasteiger partial charge in [-0.15, -0.1) is 0 Å². The second-order valence-corrected chi connectivity index (χ2v) is 35.1. The van der Waals surface area contributed by atoms with E-state index < -0.39 is 21.7 Å². The summed E-state index contributed by atoms with van der Waals surface area (Å²) < 4.78 is 0. The molecule has 2 nitrogen and oxygen atoms in total. The third kappa shape index (κ3) is 11.3. The van der Waals surface area contributed by atoms with E-state index in [1.54, 1.807) is 0 Å². The van der Waals surface area contributed by atoms with Crippen LogP contribution in [0.1, 0.15) is 89.0 Å². The van der Waals surface area contributed by atoms with Crippen LogP contribution in [0.5, 0.6) is 0 Å². The molecule has 0 saturated carbocycles. The van der Waals surface area contributed by atoms with Crippen LogP contribution in [0, 0.1) is 0 Å². The van der Waals surface area contributed by atoms with Gasteiger partial charge in [0.2, 0.25) is 0 Å². The second kappa shape index (κ2) is 30.7. The maximum absolute atomic E-state index is 2.61. The van der Waals surface area contributed by atoms with Crippen LogP contribution in [0.2, 0.25) is 0 Å². The van der Waals surface area contributed by atoms with Crippen molar-refractivity contribution >= 4 is 44.9 Å². The number of hydrogen-bond acceptors (Lipinski definition) is 2. The molecular formula is C128H86N2. The molecule has 0 N–H and O–H groups in total. The van der Waals surface area contributed by atoms with Gasteiger partial charge in [0.25, 0.3) is 0 Å². The summed E-state index contributed by atoms with van der Waals surface area (Å²) in [7, 11) is 0. The SMILES string of the molecule is c1ccc(-c2cccc(-c3ccc(-c4ccc5c(c4)-c4ccc(N(c6ccc7c(c6)C(c6ccccc6)(c6ccccc6)c6ccccc6-7)c6cccc7ccccc67)cc4C5(c4ccccc4)c4ccccc4)cc3)c2N(c2ccc3c(c2)C(c2ccccc2)(c2ccccc2)c2ccccc2-3)c2ccc3c(c2)C(c2ccccc2)(c2ccccc2)c2ccccc2-3)cc1. The molecule has 0 fully saturated rings. The lowest BCUT2D eigenvalue weighted by Crippen LogP contribution is -2.29. The number of anilines is 6. The second-order valence-electron chi connectivity index (χ2n) is 35.1. The van der Waals surface area contributed by atoms with Crippen LogP contribution in [0.3, 0.4) is 0 Å². The van der Waals surface area contributed by atoms with E-state index in [9.17, 15) is 0 Å². The van der Waals surface area contributed by atoms with E-state index in [2.05, 4.69) is 532 Å². The van der Waals surface area contributed by atoms with E-state index in [0.717, 1.165) is 67.5 Å². The minimum absolute atomic E-state index is 0.614. The summed E-state index contributed by atoms with van der Waals surface area (Å²) in [6.07, 6.45) is 0. The van der Waals surface area contributed by atoms with Gasteiger partial charge >= 0.3 is 0 Å². The monoisotopic (exact) mass is 1650 g/mol. The highest BCUT2D eigenvalue weighted by molar-refractivity contribution is 6.04. The van der Waals surface area contributed by atoms with E-state index in [1.807, 2.05) is 0 Å². The first-order valence-electron chi connectivity index (χ1n) is 45.3. The highest BCUT2D eigenvalue weighted by atomic mass is 15.2. The lowest BCUT2D eigenvalue weighted by Gasteiger charge is -2.36. The third-order valence-corrected chi connectivity index (χ3v) is 28.8. The van der Waals surface area contributed by atoms with Gasteiger partial charge in [0, 0.05) is 39.3 Å². The molecular weight excluding hydrogens is 1570 g/mol. The zero-order valence-corrected chi connectivity index (χ0v) is 71.5. The quantitative estimate of drug-likeness (QED) is 0.0896. The van der Waals surface area contributed by atoms with Crippen LogP contribution in [0.15, 0.2) is 522 Å². The minimum Gasteiger partial charge on any atom is -0.310 e. The average Bonchev–Trinajstić information content (AvgIpc) is 1.54. The normalized spacial score (nSPS) is 13.8. The van der Waals surface area contributed by atoms with Crippen LogP contribution in [0.4, 0.5) is 34.1 Å². The summed E-state index contributed by atoms with van der Waals surface area (Å²) >= 11 is 0. The largest absolute Gasteiger partial charge is 0.310 e. The van der Waals surface area contributed by atoms with Gasteiger partial charge in [-0.05, 0) is 222 Å².